The van der Waals surface area contributed by atoms with Gasteiger partial charge in [0, 0.05) is 19.1 Å². The summed E-state index contributed by atoms with van der Waals surface area (Å²) in [5.41, 5.74) is -1.50. The van der Waals surface area contributed by atoms with E-state index in [1.54, 1.807) is 46.4 Å². The van der Waals surface area contributed by atoms with Crippen molar-refractivity contribution in [3.8, 4) is 0 Å². The van der Waals surface area contributed by atoms with Crippen LogP contribution in [0.1, 0.15) is 92.9 Å². The maximum Gasteiger partial charge on any atom is 0.414 e. The number of nitrogens with zero attached hydrogens (tertiary/aromatic N) is 3. The van der Waals surface area contributed by atoms with Crippen LogP contribution in [-0.4, -0.2) is 108 Å². The first kappa shape index (κ1) is 36.6. The molecule has 2 atom stereocenters. The molecule has 3 aliphatic heterocycles. The highest BCUT2D eigenvalue weighted by Crippen LogP contribution is 2.43. The van der Waals surface area contributed by atoms with E-state index in [9.17, 15) is 28.8 Å². The van der Waals surface area contributed by atoms with Crippen LogP contribution in [0.2, 0.25) is 0 Å². The highest BCUT2D eigenvalue weighted by Gasteiger charge is 2.55. The van der Waals surface area contributed by atoms with E-state index < -0.39 is 47.3 Å². The second kappa shape index (κ2) is 15.6. The van der Waals surface area contributed by atoms with Gasteiger partial charge < -0.3 is 29.3 Å². The Bertz CT molecular complexity index is 1150. The average Bonchev–Trinajstić information content (AvgIpc) is 2.94. The van der Waals surface area contributed by atoms with Gasteiger partial charge in [0.05, 0.1) is 13.5 Å². The van der Waals surface area contributed by atoms with E-state index >= 15 is 0 Å². The second-order valence-electron chi connectivity index (χ2n) is 13.9. The molecule has 0 aromatic rings. The van der Waals surface area contributed by atoms with Gasteiger partial charge in [-0.05, 0) is 92.4 Å². The van der Waals surface area contributed by atoms with Crippen LogP contribution in [0.25, 0.3) is 0 Å². The number of aliphatic imine (C=N–C) groups is 1. The highest BCUT2D eigenvalue weighted by atomic mass is 16.6. The summed E-state index contributed by atoms with van der Waals surface area (Å²) in [6.45, 7) is 10.5. The zero-order chi connectivity index (χ0) is 34.2. The minimum absolute atomic E-state index is 0.0100. The van der Waals surface area contributed by atoms with Crippen LogP contribution in [0.4, 0.5) is 9.59 Å². The molecular formula is C31H50N6O9. The van der Waals surface area contributed by atoms with Gasteiger partial charge in [-0.25, -0.2) is 9.59 Å². The molecule has 15 heteroatoms. The molecule has 3 N–H and O–H groups in total. The molecular weight excluding hydrogens is 600 g/mol. The maximum atomic E-state index is 13.6. The fraction of sp³-hybridized carbons (Fsp3) is 0.774. The number of alkyl carbamates (subject to hydrolysis) is 2. The summed E-state index contributed by atoms with van der Waals surface area (Å²) >= 11 is 0. The molecule has 0 radical (unpaired) electrons. The molecule has 46 heavy (non-hydrogen) atoms. The van der Waals surface area contributed by atoms with E-state index in [0.717, 1.165) is 25.7 Å². The fourth-order valence-corrected chi connectivity index (χ4v) is 6.00. The molecule has 3 saturated heterocycles. The molecule has 0 spiro atoms. The third kappa shape index (κ3) is 10.6. The highest BCUT2D eigenvalue weighted by molar-refractivity contribution is 6.02. The van der Waals surface area contributed by atoms with Crippen LogP contribution in [0.3, 0.4) is 0 Å². The number of guanidine groups is 1. The molecule has 4 aliphatic rings. The Kier molecular flexibility index (Phi) is 12.4. The monoisotopic (exact) mass is 650 g/mol. The Morgan fingerprint density at radius 3 is 1.98 bits per heavy atom. The lowest BCUT2D eigenvalue weighted by atomic mass is 9.72. The number of ether oxygens (including phenoxy) is 3. The minimum Gasteiger partial charge on any atom is -0.469 e. The number of hydrogen-bond acceptors (Lipinski definition) is 10. The normalized spacial score (nSPS) is 22.4. The molecule has 15 nitrogen and oxygen atoms in total. The number of methoxy groups -OCH3 is 1. The Labute approximate surface area is 270 Å². The van der Waals surface area contributed by atoms with Gasteiger partial charge in [-0.3, -0.25) is 34.8 Å². The van der Waals surface area contributed by atoms with E-state index in [0.29, 0.717) is 25.8 Å². The molecule has 5 amide bonds. The number of carbonyl (C=O) groups is 6. The number of unbranched alkanes of at least 4 members (excludes halogenated alkanes) is 2. The van der Waals surface area contributed by atoms with Crippen LogP contribution in [-0.2, 0) is 33.4 Å². The average molecular weight is 651 g/mol. The van der Waals surface area contributed by atoms with E-state index in [-0.39, 0.29) is 49.2 Å². The summed E-state index contributed by atoms with van der Waals surface area (Å²) < 4.78 is 15.3. The maximum absolute atomic E-state index is 13.6. The number of carbonyl (C=O) groups excluding carboxylic acids is 6. The first-order chi connectivity index (χ1) is 21.5. The SMILES string of the molecule is COC(=O)C[C@H]1C(=O)N2C3CCC(CC3)[C@H]2C(=O)N1CC(=O)NCCCCCN=C(NC(=O)OC(C)(C)C)NC(=O)OC(C)(C)C. The van der Waals surface area contributed by atoms with Gasteiger partial charge >= 0.3 is 18.2 Å². The number of piperidine rings is 2. The predicted octanol–water partition coefficient (Wildman–Crippen LogP) is 2.22. The summed E-state index contributed by atoms with van der Waals surface area (Å²) in [5.74, 6) is -1.66. The van der Waals surface area contributed by atoms with Crippen molar-refractivity contribution in [2.75, 3.05) is 26.7 Å². The number of rotatable bonds is 10. The van der Waals surface area contributed by atoms with Crippen LogP contribution in [0, 0.1) is 5.92 Å². The number of esters is 1. The topological polar surface area (TPSA) is 185 Å². The second-order valence-corrected chi connectivity index (χ2v) is 13.9. The van der Waals surface area contributed by atoms with Crippen molar-refractivity contribution in [2.45, 2.75) is 122 Å². The molecule has 0 unspecified atom stereocenters. The number of fused-ring (bicyclic) bond motifs is 2. The summed E-state index contributed by atoms with van der Waals surface area (Å²) in [6.07, 6.45) is 3.38. The summed E-state index contributed by atoms with van der Waals surface area (Å²) in [5, 5.41) is 7.66. The van der Waals surface area contributed by atoms with Crippen LogP contribution in [0.15, 0.2) is 4.99 Å². The Hall–Kier alpha value is -3.91. The molecule has 258 valence electrons. The quantitative estimate of drug-likeness (QED) is 0.105. The van der Waals surface area contributed by atoms with Crippen molar-refractivity contribution in [3.05, 3.63) is 0 Å². The number of amides is 5. The summed E-state index contributed by atoms with van der Waals surface area (Å²) in [4.78, 5) is 83.8. The van der Waals surface area contributed by atoms with Gasteiger partial charge in [-0.1, -0.05) is 0 Å². The van der Waals surface area contributed by atoms with Crippen molar-refractivity contribution in [2.24, 2.45) is 10.9 Å². The molecule has 4 fully saturated rings. The number of hydrogen-bond donors (Lipinski definition) is 3. The number of nitrogens with one attached hydrogen (secondary N) is 3. The lowest BCUT2D eigenvalue weighted by molar-refractivity contribution is -0.178. The zero-order valence-electron chi connectivity index (χ0n) is 28.1. The van der Waals surface area contributed by atoms with Gasteiger partial charge in [0.25, 0.3) is 0 Å². The van der Waals surface area contributed by atoms with E-state index in [4.69, 9.17) is 14.2 Å². The van der Waals surface area contributed by atoms with Gasteiger partial charge in [-0.15, -0.1) is 0 Å². The van der Waals surface area contributed by atoms with E-state index in [1.165, 1.54) is 12.0 Å². The lowest BCUT2D eigenvalue weighted by Crippen LogP contribution is -2.72. The summed E-state index contributed by atoms with van der Waals surface area (Å²) in [7, 11) is 1.22. The van der Waals surface area contributed by atoms with Crippen molar-refractivity contribution in [1.29, 1.82) is 0 Å². The third-order valence-corrected chi connectivity index (χ3v) is 7.90. The first-order valence-electron chi connectivity index (χ1n) is 16.0. The van der Waals surface area contributed by atoms with Crippen molar-refractivity contribution >= 4 is 41.8 Å². The molecule has 2 bridgehead atoms. The van der Waals surface area contributed by atoms with Crippen LogP contribution >= 0.6 is 0 Å². The van der Waals surface area contributed by atoms with E-state index in [2.05, 4.69) is 20.9 Å². The largest absolute Gasteiger partial charge is 0.469 e. The molecule has 3 heterocycles. The Morgan fingerprint density at radius 2 is 1.43 bits per heavy atom. The standard InChI is InChI=1S/C31H50N6O9/c1-30(2,3)45-28(42)34-27(35-29(43)46-31(4,5)6)33-16-10-8-9-15-32-22(38)18-36-21(17-23(39)44-7)25(40)37-20-13-11-19(12-14-20)24(37)26(36)41/h19-21,24H,8-18H2,1-7H3,(H,32,38)(H2,33,34,35,42,43)/t19?,20?,21-,24-/m0/s1. The first-order valence-corrected chi connectivity index (χ1v) is 16.0. The number of piperazine rings is 1. The van der Waals surface area contributed by atoms with Crippen LogP contribution < -0.4 is 16.0 Å². The minimum atomic E-state index is -1.07. The van der Waals surface area contributed by atoms with Gasteiger partial charge in [0.1, 0.15) is 29.8 Å². The lowest BCUT2D eigenvalue weighted by Gasteiger charge is -2.56. The van der Waals surface area contributed by atoms with Gasteiger partial charge in [-0.2, -0.15) is 0 Å². The molecule has 0 aromatic carbocycles. The fourth-order valence-electron chi connectivity index (χ4n) is 6.00. The van der Waals surface area contributed by atoms with Crippen molar-refractivity contribution in [3.63, 3.8) is 0 Å². The summed E-state index contributed by atoms with van der Waals surface area (Å²) in [6, 6.07) is -1.66. The molecule has 4 rings (SSSR count). The third-order valence-electron chi connectivity index (χ3n) is 7.90. The Morgan fingerprint density at radius 1 is 0.848 bits per heavy atom. The smallest absolute Gasteiger partial charge is 0.414 e. The van der Waals surface area contributed by atoms with E-state index in [1.807, 2.05) is 0 Å². The predicted molar refractivity (Wildman–Crippen MR) is 166 cm³/mol. The molecule has 0 aromatic heterocycles. The zero-order valence-corrected chi connectivity index (χ0v) is 28.1. The Balaban J connectivity index is 1.50. The molecule has 1 aliphatic carbocycles. The van der Waals surface area contributed by atoms with Crippen LogP contribution in [0.5, 0.6) is 0 Å². The van der Waals surface area contributed by atoms with Gasteiger partial charge in [0.15, 0.2) is 0 Å². The molecule has 1 saturated carbocycles. The van der Waals surface area contributed by atoms with Crippen molar-refractivity contribution in [1.82, 2.24) is 25.8 Å². The van der Waals surface area contributed by atoms with Gasteiger partial charge in [0.2, 0.25) is 23.7 Å². The van der Waals surface area contributed by atoms with Crippen molar-refractivity contribution < 1.29 is 43.0 Å².